The van der Waals surface area contributed by atoms with Gasteiger partial charge in [0.05, 0.1) is 10.8 Å². The topological polar surface area (TPSA) is 80.1 Å². The van der Waals surface area contributed by atoms with Gasteiger partial charge in [-0.25, -0.2) is 13.4 Å². The molecule has 8 heteroatoms. The Balaban J connectivity index is 1.54. The maximum Gasteiger partial charge on any atom is 0.154 e. The number of pyridine rings is 1. The smallest absolute Gasteiger partial charge is 0.154 e. The molecule has 0 radical (unpaired) electrons. The molecule has 0 fully saturated rings. The van der Waals surface area contributed by atoms with Crippen molar-refractivity contribution in [3.05, 3.63) is 72.1 Å². The third kappa shape index (κ3) is 4.31. The van der Waals surface area contributed by atoms with E-state index in [1.807, 2.05) is 55.2 Å². The molecule has 1 N–H and O–H groups in total. The summed E-state index contributed by atoms with van der Waals surface area (Å²) in [5.74, 6) is 0.702. The summed E-state index contributed by atoms with van der Waals surface area (Å²) in [6.45, 7) is 3.76. The van der Waals surface area contributed by atoms with Gasteiger partial charge in [0.15, 0.2) is 9.84 Å². The highest BCUT2D eigenvalue weighted by Crippen LogP contribution is 2.30. The normalized spacial score (nSPS) is 12.7. The highest BCUT2D eigenvalue weighted by molar-refractivity contribution is 7.90. The number of hydrogen-bond donors (Lipinski definition) is 1. The zero-order valence-electron chi connectivity index (χ0n) is 18.9. The number of anilines is 4. The first-order valence-corrected chi connectivity index (χ1v) is 12.3. The molecule has 7 nitrogen and oxygen atoms in total. The summed E-state index contributed by atoms with van der Waals surface area (Å²) in [5.41, 5.74) is 5.72. The third-order valence-electron chi connectivity index (χ3n) is 5.93. The molecule has 2 aromatic heterocycles. The molecule has 0 amide bonds. The first-order chi connectivity index (χ1) is 15.1. The number of benzene rings is 2. The van der Waals surface area contributed by atoms with E-state index in [0.29, 0.717) is 5.82 Å². The van der Waals surface area contributed by atoms with Crippen LogP contribution in [0.25, 0.3) is 10.9 Å². The minimum atomic E-state index is -3.13. The van der Waals surface area contributed by atoms with Crippen LogP contribution in [0.5, 0.6) is 0 Å². The second-order valence-corrected chi connectivity index (χ2v) is 10.5. The summed E-state index contributed by atoms with van der Waals surface area (Å²) in [4.78, 5) is 6.51. The van der Waals surface area contributed by atoms with E-state index in [1.165, 1.54) is 6.26 Å². The van der Waals surface area contributed by atoms with Crippen molar-refractivity contribution in [1.82, 2.24) is 14.8 Å². The standard InChI is InChI=1S/C24H27N5O2S/c1-16-22-11-10-20(14-23(22)27-29(16)4)28(3)21-12-13-25-24(15-21)26-19-8-6-18(7-9-19)17(2)32(5,30)31/h6-15,17H,1-5H3,(H,25,26). The lowest BCUT2D eigenvalue weighted by atomic mass is 10.1. The Kier molecular flexibility index (Phi) is 5.64. The summed E-state index contributed by atoms with van der Waals surface area (Å²) in [6, 6.07) is 17.6. The van der Waals surface area contributed by atoms with Crippen molar-refractivity contribution in [2.75, 3.05) is 23.5 Å². The zero-order valence-corrected chi connectivity index (χ0v) is 19.7. The molecule has 32 heavy (non-hydrogen) atoms. The van der Waals surface area contributed by atoms with Gasteiger partial charge in [0.1, 0.15) is 5.82 Å². The van der Waals surface area contributed by atoms with Gasteiger partial charge in [-0.3, -0.25) is 4.68 Å². The lowest BCUT2D eigenvalue weighted by Gasteiger charge is -2.20. The molecule has 0 saturated heterocycles. The summed E-state index contributed by atoms with van der Waals surface area (Å²) in [6.07, 6.45) is 3.01. The molecule has 0 aliphatic rings. The fraction of sp³-hybridized carbons (Fsp3) is 0.250. The average molecular weight is 450 g/mol. The van der Waals surface area contributed by atoms with Crippen LogP contribution in [0, 0.1) is 6.92 Å². The van der Waals surface area contributed by atoms with E-state index in [4.69, 9.17) is 0 Å². The Morgan fingerprint density at radius 2 is 1.72 bits per heavy atom. The van der Waals surface area contributed by atoms with Gasteiger partial charge < -0.3 is 10.2 Å². The monoisotopic (exact) mass is 449 g/mol. The van der Waals surface area contributed by atoms with Gasteiger partial charge in [0.2, 0.25) is 0 Å². The molecule has 0 aliphatic heterocycles. The summed E-state index contributed by atoms with van der Waals surface area (Å²) in [7, 11) is 0.835. The van der Waals surface area contributed by atoms with Crippen LogP contribution in [0.15, 0.2) is 60.8 Å². The number of sulfone groups is 1. The highest BCUT2D eigenvalue weighted by atomic mass is 32.2. The molecule has 2 aromatic carbocycles. The Bertz CT molecular complexity index is 1380. The van der Waals surface area contributed by atoms with Gasteiger partial charge in [-0.15, -0.1) is 0 Å². The number of fused-ring (bicyclic) bond motifs is 1. The number of rotatable bonds is 6. The Labute approximate surface area is 188 Å². The summed E-state index contributed by atoms with van der Waals surface area (Å²) < 4.78 is 25.5. The third-order valence-corrected chi connectivity index (χ3v) is 7.48. The molecule has 0 aliphatic carbocycles. The number of aryl methyl sites for hydroxylation is 2. The molecule has 166 valence electrons. The number of nitrogens with one attached hydrogen (secondary N) is 1. The van der Waals surface area contributed by atoms with Crippen LogP contribution in [0.2, 0.25) is 0 Å². The van der Waals surface area contributed by atoms with Crippen LogP contribution in [0.3, 0.4) is 0 Å². The van der Waals surface area contributed by atoms with E-state index in [2.05, 4.69) is 45.4 Å². The first-order valence-electron chi connectivity index (χ1n) is 10.3. The number of nitrogens with zero attached hydrogens (tertiary/aromatic N) is 4. The summed E-state index contributed by atoms with van der Waals surface area (Å²) in [5, 5.41) is 8.49. The van der Waals surface area contributed by atoms with Crippen LogP contribution in [0.4, 0.5) is 22.9 Å². The lowest BCUT2D eigenvalue weighted by Crippen LogP contribution is -2.10. The van der Waals surface area contributed by atoms with Gasteiger partial charge >= 0.3 is 0 Å². The molecular formula is C24H27N5O2S. The number of hydrogen-bond acceptors (Lipinski definition) is 6. The Morgan fingerprint density at radius 1 is 1.03 bits per heavy atom. The predicted molar refractivity (Wildman–Crippen MR) is 131 cm³/mol. The van der Waals surface area contributed by atoms with Crippen LogP contribution >= 0.6 is 0 Å². The van der Waals surface area contributed by atoms with E-state index in [9.17, 15) is 8.42 Å². The largest absolute Gasteiger partial charge is 0.344 e. The zero-order chi connectivity index (χ0) is 23.0. The minimum Gasteiger partial charge on any atom is -0.344 e. The highest BCUT2D eigenvalue weighted by Gasteiger charge is 2.17. The summed E-state index contributed by atoms with van der Waals surface area (Å²) >= 11 is 0. The number of aromatic nitrogens is 3. The van der Waals surface area contributed by atoms with Gasteiger partial charge in [0, 0.05) is 60.8 Å². The minimum absolute atomic E-state index is 0.535. The van der Waals surface area contributed by atoms with Crippen LogP contribution in [0.1, 0.15) is 23.4 Å². The molecule has 4 aromatic rings. The molecule has 0 bridgehead atoms. The SMILES string of the molecule is Cc1c2ccc(N(C)c3ccnc(Nc4ccc(C(C)S(C)(=O)=O)cc4)c3)cc2nn1C. The predicted octanol–water partition coefficient (Wildman–Crippen LogP) is 4.89. The van der Waals surface area contributed by atoms with E-state index in [0.717, 1.165) is 39.2 Å². The first kappa shape index (κ1) is 21.8. The van der Waals surface area contributed by atoms with E-state index in [-0.39, 0.29) is 0 Å². The van der Waals surface area contributed by atoms with Gasteiger partial charge in [0.25, 0.3) is 0 Å². The van der Waals surface area contributed by atoms with E-state index in [1.54, 1.807) is 13.1 Å². The quantitative estimate of drug-likeness (QED) is 0.451. The van der Waals surface area contributed by atoms with E-state index < -0.39 is 15.1 Å². The van der Waals surface area contributed by atoms with Crippen LogP contribution < -0.4 is 10.2 Å². The molecule has 1 atom stereocenters. The van der Waals surface area contributed by atoms with Crippen molar-refractivity contribution in [3.8, 4) is 0 Å². The van der Waals surface area contributed by atoms with Crippen molar-refractivity contribution in [2.45, 2.75) is 19.1 Å². The van der Waals surface area contributed by atoms with Crippen molar-refractivity contribution < 1.29 is 8.42 Å². The molecule has 1 unspecified atom stereocenters. The van der Waals surface area contributed by atoms with Crippen molar-refractivity contribution in [2.24, 2.45) is 7.05 Å². The second-order valence-electron chi connectivity index (χ2n) is 8.09. The van der Waals surface area contributed by atoms with Crippen LogP contribution in [-0.4, -0.2) is 36.5 Å². The average Bonchev–Trinajstić information content (AvgIpc) is 3.05. The van der Waals surface area contributed by atoms with Gasteiger partial charge in [-0.05, 0) is 55.8 Å². The fourth-order valence-electron chi connectivity index (χ4n) is 3.61. The molecule has 0 spiro atoms. The van der Waals surface area contributed by atoms with Crippen molar-refractivity contribution in [1.29, 1.82) is 0 Å². The maximum atomic E-state index is 11.8. The second kappa shape index (κ2) is 8.27. The van der Waals surface area contributed by atoms with Crippen LogP contribution in [-0.2, 0) is 16.9 Å². The Hall–Kier alpha value is -3.39. The maximum absolute atomic E-state index is 11.8. The Morgan fingerprint density at radius 3 is 2.41 bits per heavy atom. The van der Waals surface area contributed by atoms with Gasteiger partial charge in [-0.2, -0.15) is 5.10 Å². The van der Waals surface area contributed by atoms with Crippen molar-refractivity contribution >= 4 is 43.6 Å². The molecule has 0 saturated carbocycles. The van der Waals surface area contributed by atoms with Gasteiger partial charge in [-0.1, -0.05) is 12.1 Å². The molecule has 4 rings (SSSR count). The lowest BCUT2D eigenvalue weighted by molar-refractivity contribution is 0.592. The fourth-order valence-corrected chi connectivity index (χ4v) is 4.26. The molecule has 2 heterocycles. The van der Waals surface area contributed by atoms with E-state index >= 15 is 0 Å². The van der Waals surface area contributed by atoms with Crippen molar-refractivity contribution in [3.63, 3.8) is 0 Å². The molecular weight excluding hydrogens is 422 g/mol.